The molecule has 6 nitrogen and oxygen atoms in total. The minimum Gasteiger partial charge on any atom is -0.352 e. The second-order valence-corrected chi connectivity index (χ2v) is 7.58. The summed E-state index contributed by atoms with van der Waals surface area (Å²) in [6, 6.07) is 0. The highest BCUT2D eigenvalue weighted by molar-refractivity contribution is 7.90. The first kappa shape index (κ1) is 15.5. The van der Waals surface area contributed by atoms with E-state index in [4.69, 9.17) is 0 Å². The Morgan fingerprint density at radius 2 is 2.00 bits per heavy atom. The second-order valence-electron chi connectivity index (χ2n) is 5.37. The first-order chi connectivity index (χ1) is 9.54. The Kier molecular flexibility index (Phi) is 5.17. The van der Waals surface area contributed by atoms with E-state index < -0.39 is 10.0 Å². The first-order valence-corrected chi connectivity index (χ1v) is 8.63. The van der Waals surface area contributed by atoms with Crippen molar-refractivity contribution in [3.8, 4) is 0 Å². The molecule has 0 atom stereocenters. The van der Waals surface area contributed by atoms with Crippen molar-refractivity contribution in [3.05, 3.63) is 12.7 Å². The van der Waals surface area contributed by atoms with Gasteiger partial charge in [-0.2, -0.15) is 0 Å². The molecule has 0 radical (unpaired) electrons. The largest absolute Gasteiger partial charge is 0.352 e. The van der Waals surface area contributed by atoms with E-state index in [1.165, 1.54) is 0 Å². The molecule has 0 aromatic heterocycles. The summed E-state index contributed by atoms with van der Waals surface area (Å²) >= 11 is 0. The highest BCUT2D eigenvalue weighted by Crippen LogP contribution is 2.31. The van der Waals surface area contributed by atoms with Crippen LogP contribution in [0.3, 0.4) is 0 Å². The van der Waals surface area contributed by atoms with Gasteiger partial charge in [0, 0.05) is 26.2 Å². The van der Waals surface area contributed by atoms with Gasteiger partial charge in [-0.15, -0.1) is 6.58 Å². The number of sulfonamides is 1. The third-order valence-electron chi connectivity index (χ3n) is 3.66. The van der Waals surface area contributed by atoms with Crippen molar-refractivity contribution in [2.45, 2.75) is 24.5 Å². The van der Waals surface area contributed by atoms with Crippen LogP contribution in [0.15, 0.2) is 12.7 Å². The zero-order valence-electron chi connectivity index (χ0n) is 11.8. The Morgan fingerprint density at radius 1 is 1.25 bits per heavy atom. The number of nitrogens with zero attached hydrogens (tertiary/aromatic N) is 2. The van der Waals surface area contributed by atoms with Crippen molar-refractivity contribution >= 4 is 15.9 Å². The average Bonchev–Trinajstić information content (AvgIpc) is 3.23. The van der Waals surface area contributed by atoms with Crippen LogP contribution >= 0.6 is 0 Å². The summed E-state index contributed by atoms with van der Waals surface area (Å²) in [5.74, 6) is -0.0385. The van der Waals surface area contributed by atoms with Crippen molar-refractivity contribution < 1.29 is 13.2 Å². The van der Waals surface area contributed by atoms with Crippen LogP contribution in [0.2, 0.25) is 0 Å². The summed E-state index contributed by atoms with van der Waals surface area (Å²) in [6.07, 6.45) is 4.02. The normalized spacial score (nSPS) is 22.2. The average molecular weight is 301 g/mol. The Morgan fingerprint density at radius 3 is 2.65 bits per heavy atom. The number of hydrogen-bond acceptors (Lipinski definition) is 4. The zero-order chi connectivity index (χ0) is 14.6. The lowest BCUT2D eigenvalue weighted by Crippen LogP contribution is -2.40. The Hall–Kier alpha value is -0.920. The predicted octanol–water partition coefficient (Wildman–Crippen LogP) is -0.211. The highest BCUT2D eigenvalue weighted by Gasteiger charge is 2.40. The Labute approximate surface area is 120 Å². The van der Waals surface area contributed by atoms with Gasteiger partial charge in [-0.3, -0.25) is 9.69 Å². The van der Waals surface area contributed by atoms with Crippen LogP contribution in [0.5, 0.6) is 0 Å². The SMILES string of the molecule is C=CCNC(=O)CN1CCCN(S(=O)(=O)C2CC2)CC1. The second kappa shape index (κ2) is 6.69. The maximum atomic E-state index is 12.2. The molecule has 20 heavy (non-hydrogen) atoms. The Bertz CT molecular complexity index is 459. The molecule has 1 amide bonds. The van der Waals surface area contributed by atoms with Gasteiger partial charge in [0.1, 0.15) is 0 Å². The molecule has 1 saturated heterocycles. The summed E-state index contributed by atoms with van der Waals surface area (Å²) in [5, 5.41) is 2.59. The van der Waals surface area contributed by atoms with Crippen molar-refractivity contribution in [1.82, 2.24) is 14.5 Å². The van der Waals surface area contributed by atoms with E-state index >= 15 is 0 Å². The molecule has 2 fully saturated rings. The molecule has 0 bridgehead atoms. The van der Waals surface area contributed by atoms with Gasteiger partial charge < -0.3 is 5.32 Å². The molecular formula is C13H23N3O3S. The molecule has 0 unspecified atom stereocenters. The maximum Gasteiger partial charge on any atom is 0.234 e. The summed E-state index contributed by atoms with van der Waals surface area (Å²) in [5.41, 5.74) is 0. The third kappa shape index (κ3) is 4.04. The molecule has 7 heteroatoms. The molecular weight excluding hydrogens is 278 g/mol. The van der Waals surface area contributed by atoms with Crippen LogP contribution in [0.4, 0.5) is 0 Å². The lowest BCUT2D eigenvalue weighted by molar-refractivity contribution is -0.122. The van der Waals surface area contributed by atoms with Gasteiger partial charge in [0.15, 0.2) is 0 Å². The lowest BCUT2D eigenvalue weighted by atomic mass is 10.4. The van der Waals surface area contributed by atoms with Gasteiger partial charge >= 0.3 is 0 Å². The molecule has 1 N–H and O–H groups in total. The summed E-state index contributed by atoms with van der Waals surface area (Å²) < 4.78 is 26.0. The van der Waals surface area contributed by atoms with E-state index in [2.05, 4.69) is 11.9 Å². The quantitative estimate of drug-likeness (QED) is 0.689. The molecule has 2 aliphatic rings. The highest BCUT2D eigenvalue weighted by atomic mass is 32.2. The predicted molar refractivity (Wildman–Crippen MR) is 77.8 cm³/mol. The molecule has 1 aliphatic carbocycles. The van der Waals surface area contributed by atoms with Crippen molar-refractivity contribution in [2.24, 2.45) is 0 Å². The van der Waals surface area contributed by atoms with Gasteiger partial charge in [0.25, 0.3) is 0 Å². The van der Waals surface area contributed by atoms with Crippen molar-refractivity contribution in [3.63, 3.8) is 0 Å². The number of carbonyl (C=O) groups excluding carboxylic acids is 1. The van der Waals surface area contributed by atoms with E-state index in [-0.39, 0.29) is 11.2 Å². The number of rotatable bonds is 6. The van der Waals surface area contributed by atoms with Crippen LogP contribution in [-0.2, 0) is 14.8 Å². The van der Waals surface area contributed by atoms with E-state index in [0.717, 1.165) is 25.8 Å². The van der Waals surface area contributed by atoms with Gasteiger partial charge in [-0.05, 0) is 25.8 Å². The Balaban J connectivity index is 1.83. The summed E-state index contributed by atoms with van der Waals surface area (Å²) in [6.45, 7) is 6.79. The molecule has 114 valence electrons. The fourth-order valence-electron chi connectivity index (χ4n) is 2.38. The van der Waals surface area contributed by atoms with Crippen LogP contribution < -0.4 is 5.32 Å². The fraction of sp³-hybridized carbons (Fsp3) is 0.769. The van der Waals surface area contributed by atoms with Crippen LogP contribution in [-0.4, -0.2) is 68.0 Å². The molecule has 2 rings (SSSR count). The molecule has 0 aromatic carbocycles. The van der Waals surface area contributed by atoms with Gasteiger partial charge in [-0.1, -0.05) is 6.08 Å². The van der Waals surface area contributed by atoms with Crippen molar-refractivity contribution in [1.29, 1.82) is 0 Å². The van der Waals surface area contributed by atoms with Crippen LogP contribution in [0, 0.1) is 0 Å². The topological polar surface area (TPSA) is 69.7 Å². The summed E-state index contributed by atoms with van der Waals surface area (Å²) in [4.78, 5) is 13.7. The zero-order valence-corrected chi connectivity index (χ0v) is 12.6. The standard InChI is InChI=1S/C13H23N3O3S/c1-2-6-14-13(17)11-15-7-3-8-16(10-9-15)20(18,19)12-4-5-12/h2,12H,1,3-11H2,(H,14,17). The molecule has 1 heterocycles. The van der Waals surface area contributed by atoms with E-state index in [9.17, 15) is 13.2 Å². The van der Waals surface area contributed by atoms with E-state index in [0.29, 0.717) is 32.7 Å². The smallest absolute Gasteiger partial charge is 0.234 e. The van der Waals surface area contributed by atoms with Crippen LogP contribution in [0.1, 0.15) is 19.3 Å². The molecule has 1 saturated carbocycles. The lowest BCUT2D eigenvalue weighted by Gasteiger charge is -2.21. The van der Waals surface area contributed by atoms with Gasteiger partial charge in [-0.25, -0.2) is 12.7 Å². The van der Waals surface area contributed by atoms with Gasteiger partial charge in [0.2, 0.25) is 15.9 Å². The fourth-order valence-corrected chi connectivity index (χ4v) is 4.25. The third-order valence-corrected chi connectivity index (χ3v) is 6.06. The monoisotopic (exact) mass is 301 g/mol. The number of carbonyl (C=O) groups is 1. The van der Waals surface area contributed by atoms with Gasteiger partial charge in [0.05, 0.1) is 11.8 Å². The number of nitrogens with one attached hydrogen (secondary N) is 1. The first-order valence-electron chi connectivity index (χ1n) is 7.13. The molecule has 0 spiro atoms. The number of hydrogen-bond donors (Lipinski definition) is 1. The molecule has 0 aromatic rings. The molecule has 1 aliphatic heterocycles. The van der Waals surface area contributed by atoms with E-state index in [1.54, 1.807) is 10.4 Å². The van der Waals surface area contributed by atoms with Crippen molar-refractivity contribution in [2.75, 3.05) is 39.3 Å². The minimum absolute atomic E-state index is 0.0385. The maximum absolute atomic E-state index is 12.2. The number of amides is 1. The van der Waals surface area contributed by atoms with E-state index in [1.807, 2.05) is 4.90 Å². The van der Waals surface area contributed by atoms with Crippen LogP contribution in [0.25, 0.3) is 0 Å². The minimum atomic E-state index is -3.09. The summed E-state index contributed by atoms with van der Waals surface area (Å²) in [7, 11) is -3.09.